The number of carbonyl (C=O) groups excluding carboxylic acids is 2. The lowest BCUT2D eigenvalue weighted by atomic mass is 9.96. The van der Waals surface area contributed by atoms with Crippen LogP contribution in [0.3, 0.4) is 0 Å². The van der Waals surface area contributed by atoms with Gasteiger partial charge < -0.3 is 14.9 Å². The van der Waals surface area contributed by atoms with Crippen LogP contribution < -0.4 is 4.90 Å². The summed E-state index contributed by atoms with van der Waals surface area (Å²) in [4.78, 5) is 39.3. The fourth-order valence-corrected chi connectivity index (χ4v) is 3.65. The van der Waals surface area contributed by atoms with Crippen LogP contribution in [0.25, 0.3) is 0 Å². The molecule has 2 aliphatic rings. The van der Waals surface area contributed by atoms with Gasteiger partial charge in [-0.15, -0.1) is 0 Å². The standard InChI is InChI=1S/C17H19ClN2O4/c18-13-5-1-2-6-14(13)20-10-12(8-15(20)21)16(22)19-7-3-4-11(9-19)17(23)24/h1-2,5-6,11-12H,3-4,7-10H2,(H,23,24)/t11-,12?/m0/s1. The van der Waals surface area contributed by atoms with Crippen molar-refractivity contribution in [2.24, 2.45) is 11.8 Å². The molecule has 1 aromatic carbocycles. The molecule has 1 aromatic rings. The van der Waals surface area contributed by atoms with Crippen LogP contribution in [0.4, 0.5) is 5.69 Å². The van der Waals surface area contributed by atoms with E-state index >= 15 is 0 Å². The van der Waals surface area contributed by atoms with E-state index in [0.29, 0.717) is 30.1 Å². The monoisotopic (exact) mass is 350 g/mol. The summed E-state index contributed by atoms with van der Waals surface area (Å²) in [5, 5.41) is 9.63. The van der Waals surface area contributed by atoms with Crippen LogP contribution in [-0.4, -0.2) is 47.4 Å². The zero-order valence-corrected chi connectivity index (χ0v) is 13.9. The SMILES string of the molecule is O=C(O)[C@H]1CCCN(C(=O)C2CC(=O)N(c3ccccc3Cl)C2)C1. The number of aliphatic carboxylic acids is 1. The Morgan fingerprint density at radius 1 is 1.17 bits per heavy atom. The summed E-state index contributed by atoms with van der Waals surface area (Å²) in [7, 11) is 0. The highest BCUT2D eigenvalue weighted by molar-refractivity contribution is 6.33. The van der Waals surface area contributed by atoms with Crippen molar-refractivity contribution in [1.29, 1.82) is 0 Å². The van der Waals surface area contributed by atoms with Gasteiger partial charge in [0.15, 0.2) is 0 Å². The van der Waals surface area contributed by atoms with Crippen LogP contribution in [0.5, 0.6) is 0 Å². The molecule has 2 aliphatic heterocycles. The van der Waals surface area contributed by atoms with Crippen molar-refractivity contribution in [3.8, 4) is 0 Å². The number of piperidine rings is 1. The lowest BCUT2D eigenvalue weighted by Gasteiger charge is -2.32. The molecule has 2 atom stereocenters. The van der Waals surface area contributed by atoms with Crippen LogP contribution in [0, 0.1) is 11.8 Å². The zero-order valence-electron chi connectivity index (χ0n) is 13.2. The van der Waals surface area contributed by atoms with E-state index in [1.807, 2.05) is 0 Å². The van der Waals surface area contributed by atoms with E-state index in [9.17, 15) is 14.4 Å². The van der Waals surface area contributed by atoms with E-state index in [2.05, 4.69) is 0 Å². The molecule has 24 heavy (non-hydrogen) atoms. The van der Waals surface area contributed by atoms with Gasteiger partial charge in [-0.1, -0.05) is 23.7 Å². The van der Waals surface area contributed by atoms with Crippen LogP contribution in [0.1, 0.15) is 19.3 Å². The van der Waals surface area contributed by atoms with E-state index in [1.54, 1.807) is 34.1 Å². The molecule has 1 unspecified atom stereocenters. The molecular weight excluding hydrogens is 332 g/mol. The number of halogens is 1. The normalized spacial score (nSPS) is 24.3. The molecule has 0 aromatic heterocycles. The molecule has 1 N–H and O–H groups in total. The highest BCUT2D eigenvalue weighted by Crippen LogP contribution is 2.32. The van der Waals surface area contributed by atoms with E-state index in [-0.39, 0.29) is 31.3 Å². The number of anilines is 1. The maximum Gasteiger partial charge on any atom is 0.308 e. The topological polar surface area (TPSA) is 77.9 Å². The molecule has 128 valence electrons. The second-order valence-electron chi connectivity index (χ2n) is 6.32. The third-order valence-corrected chi connectivity index (χ3v) is 5.02. The quantitative estimate of drug-likeness (QED) is 0.904. The van der Waals surface area contributed by atoms with Crippen molar-refractivity contribution in [2.75, 3.05) is 24.5 Å². The number of carboxylic acid groups (broad SMARTS) is 1. The minimum atomic E-state index is -0.868. The van der Waals surface area contributed by atoms with E-state index in [1.165, 1.54) is 0 Å². The Kier molecular flexibility index (Phi) is 4.76. The molecule has 6 nitrogen and oxygen atoms in total. The molecule has 0 spiro atoms. The average Bonchev–Trinajstić information content (AvgIpc) is 2.96. The smallest absolute Gasteiger partial charge is 0.308 e. The second kappa shape index (κ2) is 6.81. The molecule has 2 saturated heterocycles. The number of benzene rings is 1. The molecule has 0 saturated carbocycles. The summed E-state index contributed by atoms with van der Waals surface area (Å²) in [5.41, 5.74) is 0.613. The number of para-hydroxylation sites is 1. The van der Waals surface area contributed by atoms with Gasteiger partial charge in [0.2, 0.25) is 11.8 Å². The van der Waals surface area contributed by atoms with Gasteiger partial charge in [-0.3, -0.25) is 14.4 Å². The first-order valence-electron chi connectivity index (χ1n) is 8.04. The highest BCUT2D eigenvalue weighted by atomic mass is 35.5. The van der Waals surface area contributed by atoms with Gasteiger partial charge in [0.1, 0.15) is 0 Å². The van der Waals surface area contributed by atoms with Gasteiger partial charge in [0.05, 0.1) is 22.5 Å². The number of likely N-dealkylation sites (tertiary alicyclic amines) is 1. The number of carbonyl (C=O) groups is 3. The Balaban J connectivity index is 1.70. The number of carboxylic acids is 1. The molecule has 2 fully saturated rings. The third kappa shape index (κ3) is 3.24. The van der Waals surface area contributed by atoms with Crippen molar-refractivity contribution >= 4 is 35.1 Å². The summed E-state index contributed by atoms with van der Waals surface area (Å²) < 4.78 is 0. The molecule has 0 bridgehead atoms. The lowest BCUT2D eigenvalue weighted by Crippen LogP contribution is -2.45. The predicted octanol–water partition coefficient (Wildman–Crippen LogP) is 2.02. The van der Waals surface area contributed by atoms with Gasteiger partial charge in [-0.05, 0) is 25.0 Å². The van der Waals surface area contributed by atoms with Crippen LogP contribution >= 0.6 is 11.6 Å². The maximum atomic E-state index is 12.7. The van der Waals surface area contributed by atoms with Gasteiger partial charge in [0, 0.05) is 26.1 Å². The average molecular weight is 351 g/mol. The number of rotatable bonds is 3. The maximum absolute atomic E-state index is 12.7. The Morgan fingerprint density at radius 3 is 2.62 bits per heavy atom. The lowest BCUT2D eigenvalue weighted by molar-refractivity contribution is -0.146. The molecule has 2 amide bonds. The Morgan fingerprint density at radius 2 is 1.92 bits per heavy atom. The van der Waals surface area contributed by atoms with Crippen molar-refractivity contribution in [1.82, 2.24) is 4.90 Å². The van der Waals surface area contributed by atoms with Crippen molar-refractivity contribution in [3.05, 3.63) is 29.3 Å². The number of nitrogens with zero attached hydrogens (tertiary/aromatic N) is 2. The summed E-state index contributed by atoms with van der Waals surface area (Å²) in [6.07, 6.45) is 1.41. The Bertz CT molecular complexity index is 678. The summed E-state index contributed by atoms with van der Waals surface area (Å²) in [6, 6.07) is 7.05. The van der Waals surface area contributed by atoms with Gasteiger partial charge in [-0.2, -0.15) is 0 Å². The Hall–Kier alpha value is -2.08. The molecule has 0 aliphatic carbocycles. The fourth-order valence-electron chi connectivity index (χ4n) is 3.41. The molecular formula is C17H19ClN2O4. The minimum Gasteiger partial charge on any atom is -0.481 e. The van der Waals surface area contributed by atoms with E-state index in [4.69, 9.17) is 16.7 Å². The van der Waals surface area contributed by atoms with E-state index in [0.717, 1.165) is 0 Å². The van der Waals surface area contributed by atoms with Crippen LogP contribution in [0.2, 0.25) is 5.02 Å². The fraction of sp³-hybridized carbons (Fsp3) is 0.471. The summed E-state index contributed by atoms with van der Waals surface area (Å²) >= 11 is 6.15. The molecule has 7 heteroatoms. The molecule has 0 radical (unpaired) electrons. The predicted molar refractivity (Wildman–Crippen MR) is 88.9 cm³/mol. The first kappa shape index (κ1) is 16.8. The van der Waals surface area contributed by atoms with E-state index < -0.39 is 17.8 Å². The Labute approximate surface area is 145 Å². The second-order valence-corrected chi connectivity index (χ2v) is 6.73. The molecule has 3 rings (SSSR count). The largest absolute Gasteiger partial charge is 0.481 e. The minimum absolute atomic E-state index is 0.131. The number of amides is 2. The van der Waals surface area contributed by atoms with Crippen LogP contribution in [-0.2, 0) is 14.4 Å². The number of hydrogen-bond donors (Lipinski definition) is 1. The van der Waals surface area contributed by atoms with Crippen molar-refractivity contribution in [2.45, 2.75) is 19.3 Å². The first-order valence-corrected chi connectivity index (χ1v) is 8.41. The van der Waals surface area contributed by atoms with Gasteiger partial charge in [-0.25, -0.2) is 0 Å². The zero-order chi connectivity index (χ0) is 17.3. The number of hydrogen-bond acceptors (Lipinski definition) is 3. The van der Waals surface area contributed by atoms with Crippen molar-refractivity contribution < 1.29 is 19.5 Å². The molecule has 2 heterocycles. The third-order valence-electron chi connectivity index (χ3n) is 4.70. The van der Waals surface area contributed by atoms with Gasteiger partial charge >= 0.3 is 5.97 Å². The summed E-state index contributed by atoms with van der Waals surface area (Å²) in [6.45, 7) is 1.07. The highest BCUT2D eigenvalue weighted by Gasteiger charge is 2.39. The van der Waals surface area contributed by atoms with Gasteiger partial charge in [0.25, 0.3) is 0 Å². The summed E-state index contributed by atoms with van der Waals surface area (Å²) in [5.74, 6) is -2.09. The first-order chi connectivity index (χ1) is 11.5. The van der Waals surface area contributed by atoms with Crippen LogP contribution in [0.15, 0.2) is 24.3 Å². The van der Waals surface area contributed by atoms with Crippen molar-refractivity contribution in [3.63, 3.8) is 0 Å².